The third kappa shape index (κ3) is 6.56. The van der Waals surface area contributed by atoms with Crippen LogP contribution in [0, 0.1) is 16.0 Å². The van der Waals surface area contributed by atoms with Gasteiger partial charge in [0.25, 0.3) is 5.69 Å². The van der Waals surface area contributed by atoms with Crippen LogP contribution in [0.25, 0.3) is 0 Å². The third-order valence-corrected chi connectivity index (χ3v) is 5.40. The van der Waals surface area contributed by atoms with Gasteiger partial charge in [0.1, 0.15) is 6.54 Å². The fourth-order valence-electron chi connectivity index (χ4n) is 2.97. The van der Waals surface area contributed by atoms with E-state index in [0.717, 1.165) is 22.2 Å². The van der Waals surface area contributed by atoms with Gasteiger partial charge in [-0.15, -0.1) is 0 Å². The Morgan fingerprint density at radius 2 is 1.79 bits per heavy atom. The van der Waals surface area contributed by atoms with E-state index in [2.05, 4.69) is 5.32 Å². The number of nitro benzene ring substituents is 1. The van der Waals surface area contributed by atoms with E-state index in [1.165, 1.54) is 18.2 Å². The maximum atomic E-state index is 12.7. The summed E-state index contributed by atoms with van der Waals surface area (Å²) in [6, 6.07) is 14.4. The SMILES string of the molecule is CC(C)C[C@H](NC(=O)CN(c1cccc([N+](=O)[O-])c1)S(C)(=O)=O)c1ccccc1. The molecule has 0 heterocycles. The fourth-order valence-corrected chi connectivity index (χ4v) is 3.82. The predicted molar refractivity (Wildman–Crippen MR) is 112 cm³/mol. The van der Waals surface area contributed by atoms with Crippen molar-refractivity contribution in [2.24, 2.45) is 5.92 Å². The summed E-state index contributed by atoms with van der Waals surface area (Å²) in [5.41, 5.74) is 0.742. The molecule has 0 aromatic heterocycles. The summed E-state index contributed by atoms with van der Waals surface area (Å²) in [6.45, 7) is 3.60. The van der Waals surface area contributed by atoms with Crippen molar-refractivity contribution in [3.63, 3.8) is 0 Å². The highest BCUT2D eigenvalue weighted by atomic mass is 32.2. The van der Waals surface area contributed by atoms with E-state index in [9.17, 15) is 23.3 Å². The maximum absolute atomic E-state index is 12.7. The van der Waals surface area contributed by atoms with Crippen molar-refractivity contribution >= 4 is 27.3 Å². The van der Waals surface area contributed by atoms with Gasteiger partial charge in [0.2, 0.25) is 15.9 Å². The lowest BCUT2D eigenvalue weighted by Crippen LogP contribution is -2.41. The topological polar surface area (TPSA) is 110 Å². The molecule has 0 saturated heterocycles. The molecule has 0 bridgehead atoms. The summed E-state index contributed by atoms with van der Waals surface area (Å²) in [4.78, 5) is 23.1. The van der Waals surface area contributed by atoms with Crippen LogP contribution in [-0.4, -0.2) is 32.0 Å². The van der Waals surface area contributed by atoms with Crippen molar-refractivity contribution in [3.05, 3.63) is 70.3 Å². The number of nitro groups is 1. The average molecular weight is 420 g/mol. The van der Waals surface area contributed by atoms with Crippen LogP contribution in [0.2, 0.25) is 0 Å². The second kappa shape index (κ2) is 9.51. The number of anilines is 1. The molecular weight excluding hydrogens is 394 g/mol. The van der Waals surface area contributed by atoms with E-state index < -0.39 is 27.4 Å². The van der Waals surface area contributed by atoms with Crippen LogP contribution in [-0.2, 0) is 14.8 Å². The molecule has 2 rings (SSSR count). The minimum Gasteiger partial charge on any atom is -0.348 e. The Balaban J connectivity index is 2.25. The summed E-state index contributed by atoms with van der Waals surface area (Å²) in [6.07, 6.45) is 1.65. The van der Waals surface area contributed by atoms with E-state index in [1.54, 1.807) is 0 Å². The van der Waals surface area contributed by atoms with Crippen molar-refractivity contribution in [1.82, 2.24) is 5.32 Å². The van der Waals surface area contributed by atoms with Gasteiger partial charge >= 0.3 is 0 Å². The van der Waals surface area contributed by atoms with E-state index in [1.807, 2.05) is 44.2 Å². The molecule has 0 unspecified atom stereocenters. The Kier molecular flexibility index (Phi) is 7.33. The quantitative estimate of drug-likeness (QED) is 0.495. The normalized spacial score (nSPS) is 12.4. The standard InChI is InChI=1S/C20H25N3O5S/c1-15(2)12-19(16-8-5-4-6-9-16)21-20(24)14-22(29(3,27)28)17-10-7-11-18(13-17)23(25)26/h4-11,13,15,19H,12,14H2,1-3H3,(H,21,24)/t19-/m0/s1. The van der Waals surface area contributed by atoms with Gasteiger partial charge < -0.3 is 5.32 Å². The summed E-state index contributed by atoms with van der Waals surface area (Å²) >= 11 is 0. The molecule has 1 atom stereocenters. The van der Waals surface area contributed by atoms with E-state index in [4.69, 9.17) is 0 Å². The second-order valence-electron chi connectivity index (χ2n) is 7.21. The van der Waals surface area contributed by atoms with Crippen LogP contribution >= 0.6 is 0 Å². The highest BCUT2D eigenvalue weighted by molar-refractivity contribution is 7.92. The first kappa shape index (κ1) is 22.4. The zero-order chi connectivity index (χ0) is 21.6. The molecule has 2 aromatic carbocycles. The molecule has 9 heteroatoms. The Hall–Kier alpha value is -2.94. The van der Waals surface area contributed by atoms with Crippen molar-refractivity contribution in [2.75, 3.05) is 17.1 Å². The smallest absolute Gasteiger partial charge is 0.271 e. The van der Waals surface area contributed by atoms with Crippen molar-refractivity contribution < 1.29 is 18.1 Å². The Morgan fingerprint density at radius 1 is 1.14 bits per heavy atom. The van der Waals surface area contributed by atoms with Crippen LogP contribution in [0.3, 0.4) is 0 Å². The Morgan fingerprint density at radius 3 is 2.34 bits per heavy atom. The zero-order valence-corrected chi connectivity index (χ0v) is 17.4. The fraction of sp³-hybridized carbons (Fsp3) is 0.350. The highest BCUT2D eigenvalue weighted by Gasteiger charge is 2.24. The van der Waals surface area contributed by atoms with Gasteiger partial charge in [-0.3, -0.25) is 19.2 Å². The van der Waals surface area contributed by atoms with Crippen LogP contribution in [0.4, 0.5) is 11.4 Å². The van der Waals surface area contributed by atoms with Gasteiger partial charge in [-0.25, -0.2) is 8.42 Å². The van der Waals surface area contributed by atoms with Crippen molar-refractivity contribution in [1.29, 1.82) is 0 Å². The van der Waals surface area contributed by atoms with E-state index >= 15 is 0 Å². The van der Waals surface area contributed by atoms with Gasteiger partial charge in [-0.1, -0.05) is 50.2 Å². The van der Waals surface area contributed by atoms with Crippen LogP contribution in [0.5, 0.6) is 0 Å². The summed E-state index contributed by atoms with van der Waals surface area (Å²) < 4.78 is 25.4. The predicted octanol–water partition coefficient (Wildman–Crippen LogP) is 3.26. The molecule has 29 heavy (non-hydrogen) atoms. The molecule has 1 amide bonds. The molecule has 0 radical (unpaired) electrons. The van der Waals surface area contributed by atoms with Crippen LogP contribution < -0.4 is 9.62 Å². The lowest BCUT2D eigenvalue weighted by Gasteiger charge is -2.25. The molecule has 0 aliphatic heterocycles. The lowest BCUT2D eigenvalue weighted by molar-refractivity contribution is -0.384. The first-order chi connectivity index (χ1) is 13.6. The Labute approximate surface area is 170 Å². The minimum atomic E-state index is -3.83. The number of nitrogens with one attached hydrogen (secondary N) is 1. The van der Waals surface area contributed by atoms with Gasteiger partial charge in [-0.2, -0.15) is 0 Å². The number of rotatable bonds is 9. The second-order valence-corrected chi connectivity index (χ2v) is 9.11. The number of hydrogen-bond donors (Lipinski definition) is 1. The number of hydrogen-bond acceptors (Lipinski definition) is 5. The number of amides is 1. The number of benzene rings is 2. The molecule has 8 nitrogen and oxygen atoms in total. The number of carbonyl (C=O) groups excluding carboxylic acids is 1. The molecule has 2 aromatic rings. The molecule has 0 saturated carbocycles. The summed E-state index contributed by atoms with van der Waals surface area (Å²) in [7, 11) is -3.83. The van der Waals surface area contributed by atoms with Crippen LogP contribution in [0.1, 0.15) is 31.9 Å². The number of nitrogens with zero attached hydrogens (tertiary/aromatic N) is 2. The number of non-ortho nitro benzene ring substituents is 1. The monoisotopic (exact) mass is 419 g/mol. The number of sulfonamides is 1. The Bertz CT molecular complexity index is 961. The molecule has 0 aliphatic rings. The van der Waals surface area contributed by atoms with Crippen LogP contribution in [0.15, 0.2) is 54.6 Å². The molecule has 156 valence electrons. The van der Waals surface area contributed by atoms with E-state index in [-0.39, 0.29) is 17.4 Å². The summed E-state index contributed by atoms with van der Waals surface area (Å²) in [5, 5.41) is 13.9. The minimum absolute atomic E-state index is 0.0666. The first-order valence-electron chi connectivity index (χ1n) is 9.14. The van der Waals surface area contributed by atoms with Gasteiger partial charge in [0.05, 0.1) is 22.9 Å². The third-order valence-electron chi connectivity index (χ3n) is 4.26. The van der Waals surface area contributed by atoms with E-state index in [0.29, 0.717) is 12.3 Å². The van der Waals surface area contributed by atoms with Gasteiger partial charge in [0.15, 0.2) is 0 Å². The molecular formula is C20H25N3O5S. The molecule has 0 aliphatic carbocycles. The lowest BCUT2D eigenvalue weighted by atomic mass is 9.97. The van der Waals surface area contributed by atoms with Gasteiger partial charge in [0, 0.05) is 12.1 Å². The molecule has 0 fully saturated rings. The average Bonchev–Trinajstić information content (AvgIpc) is 2.65. The number of carbonyl (C=O) groups is 1. The molecule has 1 N–H and O–H groups in total. The van der Waals surface area contributed by atoms with Crippen molar-refractivity contribution in [2.45, 2.75) is 26.3 Å². The maximum Gasteiger partial charge on any atom is 0.271 e. The largest absolute Gasteiger partial charge is 0.348 e. The highest BCUT2D eigenvalue weighted by Crippen LogP contribution is 2.24. The summed E-state index contributed by atoms with van der Waals surface area (Å²) in [5.74, 6) is -0.181. The zero-order valence-electron chi connectivity index (χ0n) is 16.6. The van der Waals surface area contributed by atoms with Gasteiger partial charge in [-0.05, 0) is 24.0 Å². The first-order valence-corrected chi connectivity index (χ1v) is 11.0. The molecule has 0 spiro atoms. The van der Waals surface area contributed by atoms with Crippen molar-refractivity contribution in [3.8, 4) is 0 Å².